The van der Waals surface area contributed by atoms with Crippen LogP contribution in [0.2, 0.25) is 0 Å². The highest BCUT2D eigenvalue weighted by Crippen LogP contribution is 2.05. The summed E-state index contributed by atoms with van der Waals surface area (Å²) >= 11 is 0. The highest BCUT2D eigenvalue weighted by molar-refractivity contribution is 5.99. The molecule has 0 aliphatic rings. The van der Waals surface area contributed by atoms with Crippen LogP contribution in [0.5, 0.6) is 0 Å². The molecule has 0 unspecified atom stereocenters. The summed E-state index contributed by atoms with van der Waals surface area (Å²) < 4.78 is 0. The van der Waals surface area contributed by atoms with E-state index in [4.69, 9.17) is 0 Å². The summed E-state index contributed by atoms with van der Waals surface area (Å²) in [5, 5.41) is 39.7. The molecule has 0 bridgehead atoms. The van der Waals surface area contributed by atoms with Gasteiger partial charge in [0, 0.05) is 23.1 Å². The van der Waals surface area contributed by atoms with Gasteiger partial charge in [-0.05, 0) is 26.7 Å². The number of carbonyl (C=O) groups is 4. The molecule has 0 saturated heterocycles. The van der Waals surface area contributed by atoms with E-state index in [9.17, 15) is 39.6 Å². The summed E-state index contributed by atoms with van der Waals surface area (Å²) in [5.74, 6) is -5.77. The van der Waals surface area contributed by atoms with Crippen molar-refractivity contribution in [2.75, 3.05) is 0 Å². The molecule has 1 rings (SSSR count). The number of carboxylic acid groups (broad SMARTS) is 4. The van der Waals surface area contributed by atoms with Crippen molar-refractivity contribution in [1.82, 2.24) is 0 Å². The molecule has 0 aliphatic carbocycles. The van der Waals surface area contributed by atoms with Crippen molar-refractivity contribution in [2.45, 2.75) is 26.7 Å². The van der Waals surface area contributed by atoms with E-state index in [1.54, 1.807) is 12.2 Å². The second kappa shape index (κ2) is 17.9. The molecule has 0 fully saturated rings. The quantitative estimate of drug-likeness (QED) is 0.545. The molecule has 0 aromatic heterocycles. The topological polar surface area (TPSA) is 161 Å². The lowest BCUT2D eigenvalue weighted by Crippen LogP contribution is -2.29. The van der Waals surface area contributed by atoms with Crippen LogP contribution in [0.3, 0.4) is 0 Å². The third-order valence-corrected chi connectivity index (χ3v) is 1.90. The minimum Gasteiger partial charge on any atom is -0.550 e. The van der Waals surface area contributed by atoms with Gasteiger partial charge in [0.25, 0.3) is 0 Å². The van der Waals surface area contributed by atoms with E-state index in [1.165, 1.54) is 12.1 Å². The largest absolute Gasteiger partial charge is 0.550 e. The van der Waals surface area contributed by atoms with Gasteiger partial charge in [0.1, 0.15) is 0 Å². The summed E-state index contributed by atoms with van der Waals surface area (Å²) in [7, 11) is 0. The van der Waals surface area contributed by atoms with Gasteiger partial charge in [0.15, 0.2) is 0 Å². The van der Waals surface area contributed by atoms with Gasteiger partial charge in [-0.3, -0.25) is 0 Å². The average molecular weight is 364 g/mol. The van der Waals surface area contributed by atoms with Crippen LogP contribution in [0.25, 0.3) is 0 Å². The van der Waals surface area contributed by atoms with Crippen molar-refractivity contribution in [3.63, 3.8) is 0 Å². The van der Waals surface area contributed by atoms with Gasteiger partial charge < -0.3 is 39.6 Å². The smallest absolute Gasteiger partial charge is 0.0721 e. The summed E-state index contributed by atoms with van der Waals surface area (Å²) in [4.78, 5) is 39.7. The van der Waals surface area contributed by atoms with E-state index < -0.39 is 36.7 Å². The molecule has 0 radical (unpaired) electrons. The van der Waals surface area contributed by atoms with Crippen LogP contribution in [0.1, 0.15) is 47.4 Å². The molecule has 1 aromatic carbocycles. The van der Waals surface area contributed by atoms with Gasteiger partial charge in [-0.2, -0.15) is 0 Å². The Bertz CT molecular complexity index is 552. The number of rotatable bonds is 5. The molecule has 0 N–H and O–H groups in total. The molecular formula is C18H20O8-4. The average Bonchev–Trinajstić information content (AvgIpc) is 2.55. The Kier molecular flexibility index (Phi) is 18.9. The van der Waals surface area contributed by atoms with Crippen molar-refractivity contribution in [2.24, 2.45) is 0 Å². The fourth-order valence-corrected chi connectivity index (χ4v) is 1.04. The Morgan fingerprint density at radius 1 is 0.769 bits per heavy atom. The Labute approximate surface area is 151 Å². The SMILES string of the molecule is C=CC.C=CC.O=C([O-])CCC(=O)[O-].O=C([O-])c1ccccc1C(=O)[O-]. The maximum atomic E-state index is 10.3. The first-order chi connectivity index (χ1) is 12.1. The van der Waals surface area contributed by atoms with Crippen LogP contribution in [-0.2, 0) is 9.59 Å². The molecule has 0 atom stereocenters. The standard InChI is InChI=1S/C8H6O4.C4H6O4.2C3H6/c9-7(10)5-3-1-2-4-6(5)8(11)12;5-3(6)1-2-4(7)8;2*1-3-2/h1-4H,(H,9,10)(H,11,12);1-2H2,(H,5,6)(H,7,8);2*3H,1H2,2H3/p-4. The Morgan fingerprint density at radius 2 is 1.00 bits per heavy atom. The third kappa shape index (κ3) is 18.6. The van der Waals surface area contributed by atoms with Crippen LogP contribution < -0.4 is 20.4 Å². The summed E-state index contributed by atoms with van der Waals surface area (Å²) in [6, 6.07) is 5.14. The fraction of sp³-hybridized carbons (Fsp3) is 0.222. The van der Waals surface area contributed by atoms with Crippen molar-refractivity contribution < 1.29 is 39.6 Å². The van der Waals surface area contributed by atoms with Gasteiger partial charge in [-0.25, -0.2) is 0 Å². The first-order valence-corrected chi connectivity index (χ1v) is 7.14. The molecule has 26 heavy (non-hydrogen) atoms. The zero-order valence-electron chi connectivity index (χ0n) is 14.6. The first kappa shape index (κ1) is 27.4. The normalized spacial score (nSPS) is 7.92. The highest BCUT2D eigenvalue weighted by atomic mass is 16.4. The number of aliphatic carboxylic acids is 2. The van der Waals surface area contributed by atoms with Gasteiger partial charge in [0.05, 0.1) is 11.9 Å². The zero-order chi connectivity index (χ0) is 21.1. The lowest BCUT2D eigenvalue weighted by molar-refractivity contribution is -0.315. The predicted octanol–water partition coefficient (Wildman–Crippen LogP) is -1.94. The van der Waals surface area contributed by atoms with Crippen LogP contribution in [0.4, 0.5) is 0 Å². The number of carbonyl (C=O) groups excluding carboxylic acids is 4. The molecule has 8 nitrogen and oxygen atoms in total. The van der Waals surface area contributed by atoms with E-state index in [-0.39, 0.29) is 11.1 Å². The van der Waals surface area contributed by atoms with Crippen LogP contribution in [-0.4, -0.2) is 23.9 Å². The number of carboxylic acids is 4. The number of benzene rings is 1. The summed E-state index contributed by atoms with van der Waals surface area (Å²) in [5.41, 5.74) is -0.727. The number of aromatic carboxylic acids is 2. The summed E-state index contributed by atoms with van der Waals surface area (Å²) in [6.07, 6.45) is 2.56. The number of allylic oxidation sites excluding steroid dienone is 2. The van der Waals surface area contributed by atoms with Gasteiger partial charge in [-0.15, -0.1) is 13.2 Å². The van der Waals surface area contributed by atoms with E-state index in [2.05, 4.69) is 13.2 Å². The maximum Gasteiger partial charge on any atom is 0.0721 e. The van der Waals surface area contributed by atoms with Gasteiger partial charge in [0.2, 0.25) is 0 Å². The zero-order valence-corrected chi connectivity index (χ0v) is 14.6. The maximum absolute atomic E-state index is 10.3. The van der Waals surface area contributed by atoms with E-state index in [0.717, 1.165) is 12.1 Å². The molecule has 144 valence electrons. The Morgan fingerprint density at radius 3 is 1.15 bits per heavy atom. The minimum absolute atomic E-state index is 0.363. The lowest BCUT2D eigenvalue weighted by atomic mass is 10.1. The predicted molar refractivity (Wildman–Crippen MR) is 86.1 cm³/mol. The number of hydrogen-bond donors (Lipinski definition) is 0. The van der Waals surface area contributed by atoms with Crippen molar-refractivity contribution in [3.8, 4) is 0 Å². The first-order valence-electron chi connectivity index (χ1n) is 7.14. The second-order valence-electron chi connectivity index (χ2n) is 4.18. The molecular weight excluding hydrogens is 344 g/mol. The molecule has 0 saturated carbocycles. The molecule has 0 spiro atoms. The fourth-order valence-electron chi connectivity index (χ4n) is 1.04. The monoisotopic (exact) mass is 364 g/mol. The Balaban J connectivity index is -0.000000327. The number of hydrogen-bond acceptors (Lipinski definition) is 8. The van der Waals surface area contributed by atoms with E-state index in [1.807, 2.05) is 13.8 Å². The molecule has 8 heteroatoms. The Hall–Kier alpha value is -3.42. The van der Waals surface area contributed by atoms with Crippen molar-refractivity contribution in [3.05, 3.63) is 60.7 Å². The van der Waals surface area contributed by atoms with Crippen LogP contribution in [0, 0.1) is 0 Å². The second-order valence-corrected chi connectivity index (χ2v) is 4.18. The van der Waals surface area contributed by atoms with Crippen LogP contribution in [0.15, 0.2) is 49.6 Å². The van der Waals surface area contributed by atoms with Crippen molar-refractivity contribution in [1.29, 1.82) is 0 Å². The van der Waals surface area contributed by atoms with Gasteiger partial charge >= 0.3 is 0 Å². The molecule has 1 aromatic rings. The molecule has 0 aliphatic heterocycles. The van der Waals surface area contributed by atoms with Crippen LogP contribution >= 0.6 is 0 Å². The van der Waals surface area contributed by atoms with Gasteiger partial charge in [-0.1, -0.05) is 36.4 Å². The minimum atomic E-state index is -1.52. The lowest BCUT2D eigenvalue weighted by Gasteiger charge is -2.09. The highest BCUT2D eigenvalue weighted by Gasteiger charge is 2.01. The van der Waals surface area contributed by atoms with E-state index in [0.29, 0.717) is 0 Å². The third-order valence-electron chi connectivity index (χ3n) is 1.90. The van der Waals surface area contributed by atoms with Crippen molar-refractivity contribution >= 4 is 23.9 Å². The molecule has 0 heterocycles. The summed E-state index contributed by atoms with van der Waals surface area (Å²) in [6.45, 7) is 10.5. The van der Waals surface area contributed by atoms with E-state index >= 15 is 0 Å². The molecule has 0 amide bonds.